The molecule has 1 aromatic carbocycles. The maximum atomic E-state index is 4.69. The van der Waals surface area contributed by atoms with Crippen molar-refractivity contribution in [3.05, 3.63) is 58.7 Å². The molecule has 0 radical (unpaired) electrons. The molecule has 0 amide bonds. The fraction of sp³-hybridized carbons (Fsp3) is 0.0588. The summed E-state index contributed by atoms with van der Waals surface area (Å²) in [5, 5.41) is 26.2. The highest BCUT2D eigenvalue weighted by atomic mass is 32.2. The van der Waals surface area contributed by atoms with E-state index in [9.17, 15) is 0 Å². The van der Waals surface area contributed by atoms with Crippen LogP contribution < -0.4 is 0 Å². The number of fused-ring (bicyclic) bond motifs is 4. The molecule has 0 atom stereocenters. The molecule has 5 heterocycles. The number of aromatic nitrogens is 8. The summed E-state index contributed by atoms with van der Waals surface area (Å²) in [7, 11) is 0. The van der Waals surface area contributed by atoms with Crippen molar-refractivity contribution in [2.75, 3.05) is 0 Å². The van der Waals surface area contributed by atoms with Crippen molar-refractivity contribution in [3.63, 3.8) is 0 Å². The molecule has 0 aliphatic heterocycles. The van der Waals surface area contributed by atoms with E-state index in [4.69, 9.17) is 0 Å². The smallest absolute Gasteiger partial charge is 0.235 e. The van der Waals surface area contributed by atoms with Gasteiger partial charge in [0.2, 0.25) is 15.3 Å². The minimum absolute atomic E-state index is 0.658. The first-order valence-corrected chi connectivity index (χ1v) is 10.9. The molecular formula is C17H10N8S3. The molecule has 5 aromatic heterocycles. The lowest BCUT2D eigenvalue weighted by molar-refractivity contribution is 0.795. The molecule has 0 spiro atoms. The van der Waals surface area contributed by atoms with Gasteiger partial charge in [-0.25, -0.2) is 4.98 Å². The van der Waals surface area contributed by atoms with Crippen LogP contribution in [-0.4, -0.2) is 39.4 Å². The van der Waals surface area contributed by atoms with Crippen LogP contribution in [0.25, 0.3) is 20.8 Å². The first kappa shape index (κ1) is 16.1. The topological polar surface area (TPSA) is 86.2 Å². The van der Waals surface area contributed by atoms with E-state index in [1.165, 1.54) is 17.3 Å². The third-order valence-corrected chi connectivity index (χ3v) is 6.91. The molecule has 8 nitrogen and oxygen atoms in total. The Balaban J connectivity index is 1.36. The molecule has 0 bridgehead atoms. The van der Waals surface area contributed by atoms with E-state index in [1.807, 2.05) is 34.0 Å². The predicted octanol–water partition coefficient (Wildman–Crippen LogP) is 3.58. The predicted molar refractivity (Wildman–Crippen MR) is 108 cm³/mol. The Bertz CT molecular complexity index is 1430. The summed E-state index contributed by atoms with van der Waals surface area (Å²) in [5.41, 5.74) is 2.94. The molecule has 0 aliphatic rings. The molecule has 0 saturated heterocycles. The molecule has 6 rings (SSSR count). The highest BCUT2D eigenvalue weighted by Crippen LogP contribution is 2.30. The summed E-state index contributed by atoms with van der Waals surface area (Å²) in [5.74, 6) is 0. The largest absolute Gasteiger partial charge is 0.259 e. The third-order valence-electron chi connectivity index (χ3n) is 4.21. The Morgan fingerprint density at radius 2 is 1.86 bits per heavy atom. The fourth-order valence-electron chi connectivity index (χ4n) is 2.92. The normalized spacial score (nSPS) is 11.9. The third kappa shape index (κ3) is 2.58. The standard InChI is InChI=1S/C17H10N8S3/c1-2-4-10(5-3-1)8-12-23-25-16(27-12)21-22-17(25)28-15-20-19-14-13-11(6-7-26-13)18-9-24(14)15/h1-7,9H,8H2. The Morgan fingerprint density at radius 1 is 0.964 bits per heavy atom. The Hall–Kier alpha value is -2.89. The van der Waals surface area contributed by atoms with Gasteiger partial charge in [-0.05, 0) is 28.8 Å². The van der Waals surface area contributed by atoms with Crippen LogP contribution in [0, 0.1) is 0 Å². The molecular weight excluding hydrogens is 412 g/mol. The van der Waals surface area contributed by atoms with Crippen molar-refractivity contribution < 1.29 is 0 Å². The lowest BCUT2D eigenvalue weighted by atomic mass is 10.2. The second-order valence-corrected chi connectivity index (χ2v) is 8.88. The lowest BCUT2D eigenvalue weighted by Gasteiger charge is -1.98. The zero-order chi connectivity index (χ0) is 18.5. The van der Waals surface area contributed by atoms with E-state index in [1.54, 1.807) is 33.5 Å². The van der Waals surface area contributed by atoms with Crippen LogP contribution in [-0.2, 0) is 6.42 Å². The van der Waals surface area contributed by atoms with Gasteiger partial charge in [0.1, 0.15) is 11.3 Å². The van der Waals surface area contributed by atoms with Gasteiger partial charge in [0.15, 0.2) is 5.65 Å². The summed E-state index contributed by atoms with van der Waals surface area (Å²) in [6, 6.07) is 12.3. The van der Waals surface area contributed by atoms with Crippen LogP contribution in [0.4, 0.5) is 0 Å². The average molecular weight is 423 g/mol. The number of nitrogens with zero attached hydrogens (tertiary/aromatic N) is 8. The van der Waals surface area contributed by atoms with Gasteiger partial charge in [-0.3, -0.25) is 4.40 Å². The molecule has 6 aromatic rings. The summed E-state index contributed by atoms with van der Waals surface area (Å²) in [6.45, 7) is 0. The van der Waals surface area contributed by atoms with E-state index >= 15 is 0 Å². The quantitative estimate of drug-likeness (QED) is 0.429. The van der Waals surface area contributed by atoms with Crippen molar-refractivity contribution in [3.8, 4) is 0 Å². The highest BCUT2D eigenvalue weighted by Gasteiger charge is 2.17. The lowest BCUT2D eigenvalue weighted by Crippen LogP contribution is -1.94. The summed E-state index contributed by atoms with van der Waals surface area (Å²) in [4.78, 5) is 5.23. The second-order valence-electron chi connectivity index (χ2n) is 5.99. The van der Waals surface area contributed by atoms with Crippen molar-refractivity contribution in [1.82, 2.24) is 39.4 Å². The number of thiophene rings is 1. The number of benzene rings is 1. The van der Waals surface area contributed by atoms with Crippen LogP contribution in [0.5, 0.6) is 0 Å². The molecule has 0 saturated carbocycles. The number of hydrogen-bond donors (Lipinski definition) is 0. The van der Waals surface area contributed by atoms with Gasteiger partial charge in [-0.2, -0.15) is 9.61 Å². The Morgan fingerprint density at radius 3 is 2.79 bits per heavy atom. The van der Waals surface area contributed by atoms with Crippen molar-refractivity contribution in [2.24, 2.45) is 0 Å². The fourth-order valence-corrected chi connectivity index (χ4v) is 5.44. The minimum Gasteiger partial charge on any atom is -0.259 e. The minimum atomic E-state index is 0.658. The van der Waals surface area contributed by atoms with Gasteiger partial charge in [0.25, 0.3) is 0 Å². The van der Waals surface area contributed by atoms with Crippen molar-refractivity contribution >= 4 is 55.3 Å². The molecule has 0 N–H and O–H groups in total. The van der Waals surface area contributed by atoms with E-state index in [-0.39, 0.29) is 0 Å². The average Bonchev–Trinajstić information content (AvgIpc) is 3.47. The second kappa shape index (κ2) is 6.33. The zero-order valence-electron chi connectivity index (χ0n) is 14.1. The summed E-state index contributed by atoms with van der Waals surface area (Å²) < 4.78 is 4.67. The van der Waals surface area contributed by atoms with Crippen molar-refractivity contribution in [2.45, 2.75) is 16.7 Å². The summed E-state index contributed by atoms with van der Waals surface area (Å²) >= 11 is 4.53. The van der Waals surface area contributed by atoms with Crippen LogP contribution in [0.3, 0.4) is 0 Å². The molecule has 136 valence electrons. The Labute approximate surface area is 169 Å². The molecule has 0 unspecified atom stereocenters. The molecule has 0 fully saturated rings. The first-order chi connectivity index (χ1) is 13.8. The van der Waals surface area contributed by atoms with E-state index in [2.05, 4.69) is 42.6 Å². The van der Waals surface area contributed by atoms with Gasteiger partial charge < -0.3 is 0 Å². The molecule has 0 aliphatic carbocycles. The van der Waals surface area contributed by atoms with E-state index in [0.717, 1.165) is 32.3 Å². The number of rotatable bonds is 4. The van der Waals surface area contributed by atoms with Crippen LogP contribution >= 0.6 is 34.4 Å². The first-order valence-electron chi connectivity index (χ1n) is 8.35. The van der Waals surface area contributed by atoms with Gasteiger partial charge in [-0.1, -0.05) is 41.7 Å². The summed E-state index contributed by atoms with van der Waals surface area (Å²) in [6.07, 6.45) is 2.51. The zero-order valence-corrected chi connectivity index (χ0v) is 16.6. The van der Waals surface area contributed by atoms with Gasteiger partial charge in [0.05, 0.1) is 10.2 Å². The van der Waals surface area contributed by atoms with Crippen LogP contribution in [0.15, 0.2) is 58.4 Å². The SMILES string of the molecule is c1ccc(Cc2nn3c(Sc4nnc5c6sccc6ncn45)nnc3s2)cc1. The highest BCUT2D eigenvalue weighted by molar-refractivity contribution is 7.99. The van der Waals surface area contributed by atoms with Crippen LogP contribution in [0.2, 0.25) is 0 Å². The van der Waals surface area contributed by atoms with Gasteiger partial charge in [0, 0.05) is 6.42 Å². The van der Waals surface area contributed by atoms with E-state index in [0.29, 0.717) is 10.3 Å². The maximum Gasteiger partial charge on any atom is 0.235 e. The monoisotopic (exact) mass is 422 g/mol. The molecule has 11 heteroatoms. The Kier molecular flexibility index (Phi) is 3.64. The van der Waals surface area contributed by atoms with Gasteiger partial charge in [-0.15, -0.1) is 31.7 Å². The number of hydrogen-bond acceptors (Lipinski definition) is 9. The van der Waals surface area contributed by atoms with Gasteiger partial charge >= 0.3 is 0 Å². The van der Waals surface area contributed by atoms with E-state index < -0.39 is 0 Å². The maximum absolute atomic E-state index is 4.69. The molecule has 28 heavy (non-hydrogen) atoms. The van der Waals surface area contributed by atoms with Crippen molar-refractivity contribution in [1.29, 1.82) is 0 Å². The van der Waals surface area contributed by atoms with Crippen LogP contribution in [0.1, 0.15) is 10.6 Å².